The molecular weight excluding hydrogens is 437 g/mol. The molecule has 0 bridgehead atoms. The number of anilines is 1. The molecule has 0 radical (unpaired) electrons. The highest BCUT2D eigenvalue weighted by Gasteiger charge is 2.28. The predicted molar refractivity (Wildman–Crippen MR) is 129 cm³/mol. The third-order valence-corrected chi connectivity index (χ3v) is 7.02. The lowest BCUT2D eigenvalue weighted by atomic mass is 9.95. The monoisotopic (exact) mass is 459 g/mol. The summed E-state index contributed by atoms with van der Waals surface area (Å²) in [6, 6.07) is 21.3. The summed E-state index contributed by atoms with van der Waals surface area (Å²) in [7, 11) is 0. The number of piperidine rings is 1. The average molecular weight is 460 g/mol. The van der Waals surface area contributed by atoms with Gasteiger partial charge in [-0.15, -0.1) is 11.3 Å². The molecule has 33 heavy (non-hydrogen) atoms. The quantitative estimate of drug-likeness (QED) is 0.433. The van der Waals surface area contributed by atoms with Gasteiger partial charge in [-0.25, -0.2) is 9.37 Å². The number of hydrogen-bond acceptors (Lipinski definition) is 4. The molecule has 7 heteroatoms. The second-order valence-corrected chi connectivity index (χ2v) is 9.13. The first-order chi connectivity index (χ1) is 16.1. The summed E-state index contributed by atoms with van der Waals surface area (Å²) in [5, 5.41) is 3.96. The van der Waals surface area contributed by atoms with E-state index in [1.165, 1.54) is 24.3 Å². The first-order valence-electron chi connectivity index (χ1n) is 10.9. The van der Waals surface area contributed by atoms with Crippen LogP contribution in [0.1, 0.15) is 23.2 Å². The smallest absolute Gasteiger partial charge is 0.253 e. The summed E-state index contributed by atoms with van der Waals surface area (Å²) in [6.45, 7) is 0.988. The van der Waals surface area contributed by atoms with Crippen LogP contribution in [-0.2, 0) is 4.79 Å². The highest BCUT2D eigenvalue weighted by Crippen LogP contribution is 2.35. The molecule has 5 nitrogen and oxygen atoms in total. The van der Waals surface area contributed by atoms with E-state index in [0.29, 0.717) is 31.5 Å². The van der Waals surface area contributed by atoms with Crippen molar-refractivity contribution in [2.45, 2.75) is 12.8 Å². The standard InChI is InChI=1S/C26H22FN3O2S/c27-19-11-9-18(10-12-19)26(32)30-15-13-17(14-16-30)24(31)28-21-6-2-1-5-20(21)25-29-22-7-3-4-8-23(22)33-25/h1-12,17H,13-16H2,(H,28,31). The van der Waals surface area contributed by atoms with Gasteiger partial charge in [0.15, 0.2) is 0 Å². The molecule has 2 amide bonds. The molecule has 0 atom stereocenters. The number of amides is 2. The topological polar surface area (TPSA) is 62.3 Å². The van der Waals surface area contributed by atoms with E-state index in [1.807, 2.05) is 48.5 Å². The Hall–Kier alpha value is -3.58. The molecule has 2 heterocycles. The molecule has 0 unspecified atom stereocenters. The fraction of sp³-hybridized carbons (Fsp3) is 0.192. The number of rotatable bonds is 4. The van der Waals surface area contributed by atoms with Crippen LogP contribution in [0, 0.1) is 11.7 Å². The number of fused-ring (bicyclic) bond motifs is 1. The predicted octanol–water partition coefficient (Wildman–Crippen LogP) is 5.59. The van der Waals surface area contributed by atoms with E-state index in [4.69, 9.17) is 4.98 Å². The van der Waals surface area contributed by atoms with Crippen LogP contribution in [0.4, 0.5) is 10.1 Å². The fourth-order valence-corrected chi connectivity index (χ4v) is 5.13. The average Bonchev–Trinajstić information content (AvgIpc) is 3.29. The Morgan fingerprint density at radius 2 is 1.64 bits per heavy atom. The van der Waals surface area contributed by atoms with E-state index in [0.717, 1.165) is 26.5 Å². The van der Waals surface area contributed by atoms with Crippen LogP contribution in [0.2, 0.25) is 0 Å². The molecule has 166 valence electrons. The lowest BCUT2D eigenvalue weighted by Gasteiger charge is -2.31. The number of aromatic nitrogens is 1. The van der Waals surface area contributed by atoms with Crippen LogP contribution in [0.15, 0.2) is 72.8 Å². The highest BCUT2D eigenvalue weighted by atomic mass is 32.1. The highest BCUT2D eigenvalue weighted by molar-refractivity contribution is 7.21. The second kappa shape index (κ2) is 9.11. The number of carbonyl (C=O) groups is 2. The van der Waals surface area contributed by atoms with Crippen molar-refractivity contribution in [3.05, 3.63) is 84.2 Å². The normalized spacial score (nSPS) is 14.4. The maximum Gasteiger partial charge on any atom is 0.253 e. The van der Waals surface area contributed by atoms with E-state index in [1.54, 1.807) is 16.2 Å². The van der Waals surface area contributed by atoms with Gasteiger partial charge in [0.05, 0.1) is 15.9 Å². The molecule has 1 aliphatic rings. The summed E-state index contributed by atoms with van der Waals surface area (Å²) in [6.07, 6.45) is 1.17. The second-order valence-electron chi connectivity index (χ2n) is 8.09. The van der Waals surface area contributed by atoms with Gasteiger partial charge in [0, 0.05) is 30.1 Å². The van der Waals surface area contributed by atoms with E-state index in [-0.39, 0.29) is 23.5 Å². The number of nitrogens with one attached hydrogen (secondary N) is 1. The largest absolute Gasteiger partial charge is 0.339 e. The number of carbonyl (C=O) groups excluding carboxylic acids is 2. The maximum atomic E-state index is 13.1. The molecule has 1 fully saturated rings. The van der Waals surface area contributed by atoms with Gasteiger partial charge in [0.2, 0.25) is 5.91 Å². The number of likely N-dealkylation sites (tertiary alicyclic amines) is 1. The molecular formula is C26H22FN3O2S. The van der Waals surface area contributed by atoms with Crippen molar-refractivity contribution in [3.8, 4) is 10.6 Å². The summed E-state index contributed by atoms with van der Waals surface area (Å²) in [4.78, 5) is 32.1. The Balaban J connectivity index is 1.26. The molecule has 1 N–H and O–H groups in total. The van der Waals surface area contributed by atoms with Crippen LogP contribution < -0.4 is 5.32 Å². The van der Waals surface area contributed by atoms with Crippen LogP contribution in [0.25, 0.3) is 20.8 Å². The zero-order valence-corrected chi connectivity index (χ0v) is 18.6. The van der Waals surface area contributed by atoms with Gasteiger partial charge in [-0.1, -0.05) is 24.3 Å². The van der Waals surface area contributed by atoms with Crippen molar-refractivity contribution in [2.24, 2.45) is 5.92 Å². The molecule has 1 aromatic heterocycles. The molecule has 5 rings (SSSR count). The van der Waals surface area contributed by atoms with Crippen molar-refractivity contribution >= 4 is 39.1 Å². The Kier molecular flexibility index (Phi) is 5.88. The van der Waals surface area contributed by atoms with Crippen LogP contribution in [0.5, 0.6) is 0 Å². The number of thiazole rings is 1. The zero-order chi connectivity index (χ0) is 22.8. The molecule has 3 aromatic carbocycles. The van der Waals surface area contributed by atoms with Gasteiger partial charge < -0.3 is 10.2 Å². The number of benzene rings is 3. The van der Waals surface area contributed by atoms with Gasteiger partial charge >= 0.3 is 0 Å². The first-order valence-corrected chi connectivity index (χ1v) is 11.7. The number of halogens is 1. The van der Waals surface area contributed by atoms with Crippen molar-refractivity contribution in [2.75, 3.05) is 18.4 Å². The Bertz CT molecular complexity index is 1280. The Morgan fingerprint density at radius 1 is 0.939 bits per heavy atom. The third-order valence-electron chi connectivity index (χ3n) is 5.95. The van der Waals surface area contributed by atoms with Gasteiger partial charge in [-0.3, -0.25) is 9.59 Å². The van der Waals surface area contributed by atoms with Crippen molar-refractivity contribution in [3.63, 3.8) is 0 Å². The van der Waals surface area contributed by atoms with E-state index >= 15 is 0 Å². The maximum absolute atomic E-state index is 13.1. The molecule has 4 aromatic rings. The van der Waals surface area contributed by atoms with Crippen LogP contribution in [-0.4, -0.2) is 34.8 Å². The number of nitrogens with zero attached hydrogens (tertiary/aromatic N) is 2. The minimum atomic E-state index is -0.368. The lowest BCUT2D eigenvalue weighted by molar-refractivity contribution is -0.121. The van der Waals surface area contributed by atoms with Gasteiger partial charge in [-0.2, -0.15) is 0 Å². The van der Waals surface area contributed by atoms with E-state index < -0.39 is 0 Å². The number of para-hydroxylation sites is 2. The first kappa shape index (κ1) is 21.3. The third kappa shape index (κ3) is 4.50. The Labute approximate surface area is 194 Å². The summed E-state index contributed by atoms with van der Waals surface area (Å²) in [5.41, 5.74) is 3.04. The SMILES string of the molecule is O=C(Nc1ccccc1-c1nc2ccccc2s1)C1CCN(C(=O)c2ccc(F)cc2)CC1. The van der Waals surface area contributed by atoms with E-state index in [9.17, 15) is 14.0 Å². The minimum Gasteiger partial charge on any atom is -0.339 e. The molecule has 1 saturated heterocycles. The van der Waals surface area contributed by atoms with Crippen molar-refractivity contribution in [1.82, 2.24) is 9.88 Å². The molecule has 0 saturated carbocycles. The molecule has 1 aliphatic heterocycles. The van der Waals surface area contributed by atoms with Crippen LogP contribution >= 0.6 is 11.3 Å². The summed E-state index contributed by atoms with van der Waals surface area (Å²) >= 11 is 1.60. The zero-order valence-electron chi connectivity index (χ0n) is 17.8. The molecule has 0 spiro atoms. The van der Waals surface area contributed by atoms with Gasteiger partial charge in [0.25, 0.3) is 5.91 Å². The fourth-order valence-electron chi connectivity index (χ4n) is 4.12. The molecule has 0 aliphatic carbocycles. The summed E-state index contributed by atoms with van der Waals surface area (Å²) in [5.74, 6) is -0.716. The van der Waals surface area contributed by atoms with Crippen molar-refractivity contribution in [1.29, 1.82) is 0 Å². The Morgan fingerprint density at radius 3 is 2.39 bits per heavy atom. The van der Waals surface area contributed by atoms with Gasteiger partial charge in [0.1, 0.15) is 10.8 Å². The lowest BCUT2D eigenvalue weighted by Crippen LogP contribution is -2.41. The van der Waals surface area contributed by atoms with Crippen LogP contribution in [0.3, 0.4) is 0 Å². The minimum absolute atomic E-state index is 0.0440. The summed E-state index contributed by atoms with van der Waals surface area (Å²) < 4.78 is 14.2. The van der Waals surface area contributed by atoms with E-state index in [2.05, 4.69) is 5.32 Å². The van der Waals surface area contributed by atoms with Gasteiger partial charge in [-0.05, 0) is 61.4 Å². The number of hydrogen-bond donors (Lipinski definition) is 1. The van der Waals surface area contributed by atoms with Crippen molar-refractivity contribution < 1.29 is 14.0 Å².